The van der Waals surface area contributed by atoms with Gasteiger partial charge in [0.2, 0.25) is 0 Å². The first kappa shape index (κ1) is 9.90. The number of hydrogen-bond donors (Lipinski definition) is 1. The summed E-state index contributed by atoms with van der Waals surface area (Å²) in [5.41, 5.74) is 0.121. The van der Waals surface area contributed by atoms with E-state index in [1.165, 1.54) is 12.8 Å². The first-order valence-corrected chi connectivity index (χ1v) is 5.64. The summed E-state index contributed by atoms with van der Waals surface area (Å²) in [7, 11) is 0. The molecule has 0 aromatic carbocycles. The SMILES string of the molecule is CCC(C)(C)c1n[nH]c(=S)n1C1CC1. The van der Waals surface area contributed by atoms with E-state index in [9.17, 15) is 0 Å². The average molecular weight is 211 g/mol. The zero-order valence-corrected chi connectivity index (χ0v) is 9.82. The molecule has 1 aromatic rings. The minimum atomic E-state index is 0.121. The van der Waals surface area contributed by atoms with Gasteiger partial charge < -0.3 is 4.57 Å². The van der Waals surface area contributed by atoms with Gasteiger partial charge in [0.1, 0.15) is 5.82 Å². The van der Waals surface area contributed by atoms with Gasteiger partial charge in [-0.1, -0.05) is 20.8 Å². The normalized spacial score (nSPS) is 17.4. The number of hydrogen-bond acceptors (Lipinski definition) is 2. The molecule has 1 fully saturated rings. The van der Waals surface area contributed by atoms with Gasteiger partial charge in [0, 0.05) is 11.5 Å². The third-order valence-electron chi connectivity index (χ3n) is 3.11. The van der Waals surface area contributed by atoms with Crippen molar-refractivity contribution in [3.63, 3.8) is 0 Å². The first-order chi connectivity index (χ1) is 6.56. The second-order valence-corrected chi connectivity index (χ2v) is 5.08. The van der Waals surface area contributed by atoms with Crippen molar-refractivity contribution in [3.8, 4) is 0 Å². The summed E-state index contributed by atoms with van der Waals surface area (Å²) in [5, 5.41) is 7.28. The molecule has 78 valence electrons. The highest BCUT2D eigenvalue weighted by Gasteiger charge is 2.32. The highest BCUT2D eigenvalue weighted by atomic mass is 32.1. The van der Waals surface area contributed by atoms with Crippen LogP contribution in [0.25, 0.3) is 0 Å². The molecule has 0 radical (unpaired) electrons. The smallest absolute Gasteiger partial charge is 0.195 e. The molecule has 2 rings (SSSR count). The second-order valence-electron chi connectivity index (χ2n) is 4.69. The molecule has 1 aliphatic rings. The van der Waals surface area contributed by atoms with Gasteiger partial charge in [-0.3, -0.25) is 5.10 Å². The van der Waals surface area contributed by atoms with Crippen LogP contribution < -0.4 is 0 Å². The molecule has 1 heterocycles. The van der Waals surface area contributed by atoms with Gasteiger partial charge in [0.15, 0.2) is 4.77 Å². The van der Waals surface area contributed by atoms with Crippen LogP contribution in [0.5, 0.6) is 0 Å². The maximum atomic E-state index is 5.25. The summed E-state index contributed by atoms with van der Waals surface area (Å²) in [5.74, 6) is 1.12. The largest absolute Gasteiger partial charge is 0.301 e. The quantitative estimate of drug-likeness (QED) is 0.780. The summed E-state index contributed by atoms with van der Waals surface area (Å²) in [4.78, 5) is 0. The van der Waals surface area contributed by atoms with E-state index < -0.39 is 0 Å². The molecule has 0 amide bonds. The third-order valence-corrected chi connectivity index (χ3v) is 3.39. The third kappa shape index (κ3) is 1.52. The van der Waals surface area contributed by atoms with E-state index in [1.54, 1.807) is 0 Å². The van der Waals surface area contributed by atoms with Crippen LogP contribution in [0, 0.1) is 4.77 Å². The number of aromatic amines is 1. The molecular formula is C10H17N3S. The Hall–Kier alpha value is -0.640. The molecule has 0 unspecified atom stereocenters. The van der Waals surface area contributed by atoms with E-state index in [-0.39, 0.29) is 5.41 Å². The fraction of sp³-hybridized carbons (Fsp3) is 0.800. The number of rotatable bonds is 3. The van der Waals surface area contributed by atoms with Crippen LogP contribution in [0.3, 0.4) is 0 Å². The fourth-order valence-electron chi connectivity index (χ4n) is 1.61. The van der Waals surface area contributed by atoms with Crippen molar-refractivity contribution in [2.75, 3.05) is 0 Å². The van der Waals surface area contributed by atoms with Crippen molar-refractivity contribution < 1.29 is 0 Å². The van der Waals surface area contributed by atoms with Crippen molar-refractivity contribution in [3.05, 3.63) is 10.6 Å². The second kappa shape index (κ2) is 3.19. The van der Waals surface area contributed by atoms with E-state index in [4.69, 9.17) is 12.2 Å². The molecule has 0 bridgehead atoms. The van der Waals surface area contributed by atoms with Crippen molar-refractivity contribution >= 4 is 12.2 Å². The summed E-state index contributed by atoms with van der Waals surface area (Å²) < 4.78 is 2.99. The Morgan fingerprint density at radius 2 is 2.21 bits per heavy atom. The molecule has 0 spiro atoms. The van der Waals surface area contributed by atoms with Crippen LogP contribution in [-0.4, -0.2) is 14.8 Å². The van der Waals surface area contributed by atoms with Crippen molar-refractivity contribution in [1.82, 2.24) is 14.8 Å². The van der Waals surface area contributed by atoms with E-state index in [1.807, 2.05) is 0 Å². The topological polar surface area (TPSA) is 33.6 Å². The molecule has 1 N–H and O–H groups in total. The number of nitrogens with one attached hydrogen (secondary N) is 1. The summed E-state index contributed by atoms with van der Waals surface area (Å²) in [6.45, 7) is 6.63. The van der Waals surface area contributed by atoms with Crippen LogP contribution in [0.1, 0.15) is 51.9 Å². The maximum Gasteiger partial charge on any atom is 0.195 e. The molecule has 0 atom stereocenters. The molecular weight excluding hydrogens is 194 g/mol. The number of H-pyrrole nitrogens is 1. The van der Waals surface area contributed by atoms with Gasteiger partial charge in [-0.05, 0) is 31.5 Å². The zero-order valence-electron chi connectivity index (χ0n) is 9.00. The van der Waals surface area contributed by atoms with E-state index in [0.29, 0.717) is 6.04 Å². The van der Waals surface area contributed by atoms with E-state index >= 15 is 0 Å². The van der Waals surface area contributed by atoms with Crippen LogP contribution in [-0.2, 0) is 5.41 Å². The van der Waals surface area contributed by atoms with Gasteiger partial charge in [-0.25, -0.2) is 0 Å². The predicted molar refractivity (Wildman–Crippen MR) is 59.0 cm³/mol. The predicted octanol–water partition coefficient (Wildman–Crippen LogP) is 2.96. The Kier molecular flexibility index (Phi) is 2.26. The minimum absolute atomic E-state index is 0.121. The van der Waals surface area contributed by atoms with Crippen molar-refractivity contribution in [2.45, 2.75) is 51.5 Å². The Balaban J connectivity index is 2.47. The molecule has 0 saturated heterocycles. The molecule has 14 heavy (non-hydrogen) atoms. The zero-order chi connectivity index (χ0) is 10.3. The van der Waals surface area contributed by atoms with Gasteiger partial charge in [0.25, 0.3) is 0 Å². The van der Waals surface area contributed by atoms with Gasteiger partial charge >= 0.3 is 0 Å². The summed E-state index contributed by atoms with van der Waals surface area (Å²) >= 11 is 5.25. The lowest BCUT2D eigenvalue weighted by Crippen LogP contribution is -2.21. The molecule has 3 nitrogen and oxygen atoms in total. The number of nitrogens with zero attached hydrogens (tertiary/aromatic N) is 2. The summed E-state index contributed by atoms with van der Waals surface area (Å²) in [6, 6.07) is 0.613. The molecule has 4 heteroatoms. The average Bonchev–Trinajstić information content (AvgIpc) is 2.90. The Labute approximate surface area is 89.5 Å². The highest BCUT2D eigenvalue weighted by molar-refractivity contribution is 7.71. The highest BCUT2D eigenvalue weighted by Crippen LogP contribution is 2.38. The Morgan fingerprint density at radius 1 is 1.57 bits per heavy atom. The Bertz CT molecular complexity index is 384. The van der Waals surface area contributed by atoms with Gasteiger partial charge in [-0.2, -0.15) is 5.10 Å². The molecule has 1 aliphatic carbocycles. The van der Waals surface area contributed by atoms with Crippen molar-refractivity contribution in [2.24, 2.45) is 0 Å². The van der Waals surface area contributed by atoms with Crippen LogP contribution in [0.4, 0.5) is 0 Å². The van der Waals surface area contributed by atoms with Crippen LogP contribution in [0.2, 0.25) is 0 Å². The van der Waals surface area contributed by atoms with E-state index in [2.05, 4.69) is 35.5 Å². The lowest BCUT2D eigenvalue weighted by molar-refractivity contribution is 0.442. The van der Waals surface area contributed by atoms with Gasteiger partial charge in [0.05, 0.1) is 0 Å². The monoisotopic (exact) mass is 211 g/mol. The summed E-state index contributed by atoms with van der Waals surface area (Å²) in [6.07, 6.45) is 3.58. The van der Waals surface area contributed by atoms with Crippen LogP contribution >= 0.6 is 12.2 Å². The standard InChI is InChI=1S/C10H17N3S/c1-4-10(2,3)8-11-12-9(14)13(8)7-5-6-7/h7H,4-6H2,1-3H3,(H,12,14). The lowest BCUT2D eigenvalue weighted by atomic mass is 9.89. The van der Waals surface area contributed by atoms with Crippen LogP contribution in [0.15, 0.2) is 0 Å². The molecule has 1 aromatic heterocycles. The van der Waals surface area contributed by atoms with E-state index in [0.717, 1.165) is 17.0 Å². The molecule has 1 saturated carbocycles. The Morgan fingerprint density at radius 3 is 2.71 bits per heavy atom. The minimum Gasteiger partial charge on any atom is -0.301 e. The fourth-order valence-corrected chi connectivity index (χ4v) is 1.89. The maximum absolute atomic E-state index is 5.25. The van der Waals surface area contributed by atoms with Crippen molar-refractivity contribution in [1.29, 1.82) is 0 Å². The molecule has 0 aliphatic heterocycles. The lowest BCUT2D eigenvalue weighted by Gasteiger charge is -2.22. The number of aromatic nitrogens is 3. The van der Waals surface area contributed by atoms with Gasteiger partial charge in [-0.15, -0.1) is 0 Å². The first-order valence-electron chi connectivity index (χ1n) is 5.23.